The maximum absolute atomic E-state index is 12.6. The van der Waals surface area contributed by atoms with Crippen LogP contribution in [0.5, 0.6) is 11.5 Å². The fourth-order valence-electron chi connectivity index (χ4n) is 4.01. The molecule has 3 aromatic rings. The van der Waals surface area contributed by atoms with Crippen molar-refractivity contribution in [3.63, 3.8) is 0 Å². The van der Waals surface area contributed by atoms with Crippen LogP contribution in [0, 0.1) is 6.92 Å². The van der Waals surface area contributed by atoms with Crippen molar-refractivity contribution in [3.8, 4) is 11.5 Å². The molecule has 0 radical (unpaired) electrons. The Morgan fingerprint density at radius 3 is 2.56 bits per heavy atom. The lowest BCUT2D eigenvalue weighted by atomic mass is 10.1. The first-order chi connectivity index (χ1) is 15.6. The van der Waals surface area contributed by atoms with Crippen LogP contribution >= 0.6 is 11.6 Å². The monoisotopic (exact) mass is 453 g/mol. The number of benzene rings is 2. The van der Waals surface area contributed by atoms with E-state index in [2.05, 4.69) is 24.0 Å². The second-order valence-electron chi connectivity index (χ2n) is 7.90. The lowest BCUT2D eigenvalue weighted by Gasteiger charge is -2.35. The molecule has 1 amide bonds. The molecule has 2 heterocycles. The van der Waals surface area contributed by atoms with Gasteiger partial charge >= 0.3 is 0 Å². The summed E-state index contributed by atoms with van der Waals surface area (Å²) in [6, 6.07) is 15.5. The Hall–Kier alpha value is -2.99. The molecule has 1 saturated heterocycles. The molecule has 1 aliphatic heterocycles. The van der Waals surface area contributed by atoms with Gasteiger partial charge in [0.15, 0.2) is 0 Å². The number of aromatic nitrogens is 1. The number of fused-ring (bicyclic) bond motifs is 1. The Morgan fingerprint density at radius 2 is 1.81 bits per heavy atom. The van der Waals surface area contributed by atoms with Gasteiger partial charge in [-0.15, -0.1) is 0 Å². The quantitative estimate of drug-likeness (QED) is 0.485. The SMILES string of the molecule is COc1cccc2c(C)cc(N3CCN(C(=O)CCCOc4ccccc4Cl)CC3)nc12. The number of para-hydroxylation sites is 2. The smallest absolute Gasteiger partial charge is 0.222 e. The summed E-state index contributed by atoms with van der Waals surface area (Å²) >= 11 is 6.09. The van der Waals surface area contributed by atoms with Crippen molar-refractivity contribution < 1.29 is 14.3 Å². The van der Waals surface area contributed by atoms with E-state index in [0.29, 0.717) is 43.3 Å². The van der Waals surface area contributed by atoms with Crippen LogP contribution < -0.4 is 14.4 Å². The van der Waals surface area contributed by atoms with Gasteiger partial charge in [0, 0.05) is 38.0 Å². The lowest BCUT2D eigenvalue weighted by Crippen LogP contribution is -2.49. The van der Waals surface area contributed by atoms with Crippen LogP contribution in [0.4, 0.5) is 5.82 Å². The molecule has 32 heavy (non-hydrogen) atoms. The number of hydrogen-bond donors (Lipinski definition) is 0. The van der Waals surface area contributed by atoms with E-state index >= 15 is 0 Å². The van der Waals surface area contributed by atoms with Crippen molar-refractivity contribution in [1.82, 2.24) is 9.88 Å². The van der Waals surface area contributed by atoms with Crippen LogP contribution in [0.15, 0.2) is 48.5 Å². The number of ether oxygens (including phenoxy) is 2. The number of piperazine rings is 1. The third-order valence-corrected chi connectivity index (χ3v) is 6.11. The summed E-state index contributed by atoms with van der Waals surface area (Å²) < 4.78 is 11.2. The maximum Gasteiger partial charge on any atom is 0.222 e. The van der Waals surface area contributed by atoms with E-state index < -0.39 is 0 Å². The van der Waals surface area contributed by atoms with Gasteiger partial charge in [-0.05, 0) is 43.2 Å². The average molecular weight is 454 g/mol. The first-order valence-corrected chi connectivity index (χ1v) is 11.3. The molecule has 0 atom stereocenters. The largest absolute Gasteiger partial charge is 0.494 e. The number of carbonyl (C=O) groups excluding carboxylic acids is 1. The molecule has 4 rings (SSSR count). The molecule has 0 saturated carbocycles. The van der Waals surface area contributed by atoms with Crippen molar-refractivity contribution in [3.05, 3.63) is 59.1 Å². The van der Waals surface area contributed by atoms with E-state index in [1.54, 1.807) is 13.2 Å². The second-order valence-corrected chi connectivity index (χ2v) is 8.31. The molecule has 7 heteroatoms. The number of hydrogen-bond acceptors (Lipinski definition) is 5. The molecule has 0 N–H and O–H groups in total. The summed E-state index contributed by atoms with van der Waals surface area (Å²) in [7, 11) is 1.67. The normalized spacial score (nSPS) is 14.0. The number of anilines is 1. The summed E-state index contributed by atoms with van der Waals surface area (Å²) in [4.78, 5) is 21.7. The minimum Gasteiger partial charge on any atom is -0.494 e. The predicted molar refractivity (Wildman–Crippen MR) is 128 cm³/mol. The van der Waals surface area contributed by atoms with E-state index in [1.807, 2.05) is 35.2 Å². The molecule has 0 bridgehead atoms. The number of carbonyl (C=O) groups is 1. The Labute approximate surface area is 193 Å². The van der Waals surface area contributed by atoms with E-state index in [4.69, 9.17) is 26.1 Å². The van der Waals surface area contributed by atoms with Gasteiger partial charge in [0.2, 0.25) is 5.91 Å². The van der Waals surface area contributed by atoms with Gasteiger partial charge in [-0.1, -0.05) is 35.9 Å². The molecule has 1 aromatic heterocycles. The predicted octanol–water partition coefficient (Wildman–Crippen LogP) is 4.71. The second kappa shape index (κ2) is 10.1. The molecule has 1 aliphatic rings. The highest BCUT2D eigenvalue weighted by Crippen LogP contribution is 2.29. The van der Waals surface area contributed by atoms with Crippen molar-refractivity contribution in [1.29, 1.82) is 0 Å². The highest BCUT2D eigenvalue weighted by Gasteiger charge is 2.22. The molecular weight excluding hydrogens is 426 g/mol. The molecule has 2 aromatic carbocycles. The zero-order valence-electron chi connectivity index (χ0n) is 18.5. The minimum absolute atomic E-state index is 0.164. The van der Waals surface area contributed by atoms with Gasteiger partial charge in [0.25, 0.3) is 0 Å². The number of amides is 1. The number of halogens is 1. The number of methoxy groups -OCH3 is 1. The van der Waals surface area contributed by atoms with Gasteiger partial charge in [-0.2, -0.15) is 0 Å². The molecular formula is C25H28ClN3O3. The zero-order chi connectivity index (χ0) is 22.5. The van der Waals surface area contributed by atoms with Gasteiger partial charge in [-0.25, -0.2) is 4.98 Å². The van der Waals surface area contributed by atoms with Crippen LogP contribution in [0.25, 0.3) is 10.9 Å². The minimum atomic E-state index is 0.164. The third-order valence-electron chi connectivity index (χ3n) is 5.80. The lowest BCUT2D eigenvalue weighted by molar-refractivity contribution is -0.131. The first-order valence-electron chi connectivity index (χ1n) is 10.9. The summed E-state index contributed by atoms with van der Waals surface area (Å²) in [5.41, 5.74) is 2.04. The summed E-state index contributed by atoms with van der Waals surface area (Å²) in [6.45, 7) is 5.46. The van der Waals surface area contributed by atoms with Crippen LogP contribution in [0.2, 0.25) is 5.02 Å². The van der Waals surface area contributed by atoms with Crippen molar-refractivity contribution in [2.75, 3.05) is 44.8 Å². The molecule has 0 unspecified atom stereocenters. The third kappa shape index (κ3) is 4.91. The number of rotatable bonds is 7. The molecule has 0 spiro atoms. The Kier molecular flexibility index (Phi) is 7.00. The Balaban J connectivity index is 1.30. The Bertz CT molecular complexity index is 1100. The molecule has 168 valence electrons. The van der Waals surface area contributed by atoms with Gasteiger partial charge in [0.05, 0.1) is 18.7 Å². The summed E-state index contributed by atoms with van der Waals surface area (Å²) in [5, 5.41) is 1.69. The maximum atomic E-state index is 12.6. The molecule has 6 nitrogen and oxygen atoms in total. The zero-order valence-corrected chi connectivity index (χ0v) is 19.3. The standard InChI is InChI=1S/C25H28ClN3O3/c1-18-17-23(27-25-19(18)7-5-10-22(25)31-2)28-12-14-29(15-13-28)24(30)11-6-16-32-21-9-4-3-8-20(21)26/h3-5,7-10,17H,6,11-16H2,1-2H3. The average Bonchev–Trinajstić information content (AvgIpc) is 2.82. The van der Waals surface area contributed by atoms with E-state index in [9.17, 15) is 4.79 Å². The van der Waals surface area contributed by atoms with Crippen molar-refractivity contribution in [2.24, 2.45) is 0 Å². The van der Waals surface area contributed by atoms with Crippen LogP contribution in [-0.2, 0) is 4.79 Å². The Morgan fingerprint density at radius 1 is 1.06 bits per heavy atom. The van der Waals surface area contributed by atoms with Gasteiger partial charge in [0.1, 0.15) is 22.8 Å². The van der Waals surface area contributed by atoms with Crippen molar-refractivity contribution in [2.45, 2.75) is 19.8 Å². The number of nitrogens with zero attached hydrogens (tertiary/aromatic N) is 3. The van der Waals surface area contributed by atoms with Crippen LogP contribution in [0.1, 0.15) is 18.4 Å². The van der Waals surface area contributed by atoms with E-state index in [0.717, 1.165) is 35.6 Å². The highest BCUT2D eigenvalue weighted by atomic mass is 35.5. The van der Waals surface area contributed by atoms with Crippen LogP contribution in [-0.4, -0.2) is 55.7 Å². The van der Waals surface area contributed by atoms with E-state index in [1.165, 1.54) is 5.56 Å². The van der Waals surface area contributed by atoms with E-state index in [-0.39, 0.29) is 5.91 Å². The van der Waals surface area contributed by atoms with Gasteiger partial charge in [-0.3, -0.25) is 4.79 Å². The topological polar surface area (TPSA) is 54.9 Å². The fourth-order valence-corrected chi connectivity index (χ4v) is 4.20. The number of pyridine rings is 1. The summed E-state index contributed by atoms with van der Waals surface area (Å²) in [6.07, 6.45) is 1.13. The van der Waals surface area contributed by atoms with Crippen LogP contribution in [0.3, 0.4) is 0 Å². The number of aryl methyl sites for hydroxylation is 1. The van der Waals surface area contributed by atoms with Crippen molar-refractivity contribution >= 4 is 34.2 Å². The highest BCUT2D eigenvalue weighted by molar-refractivity contribution is 6.32. The molecule has 1 fully saturated rings. The first kappa shape index (κ1) is 22.2. The molecule has 0 aliphatic carbocycles. The van der Waals surface area contributed by atoms with Gasteiger partial charge < -0.3 is 19.3 Å². The fraction of sp³-hybridized carbons (Fsp3) is 0.360. The summed E-state index contributed by atoms with van der Waals surface area (Å²) in [5.74, 6) is 2.53.